The Morgan fingerprint density at radius 3 is 2.65 bits per heavy atom. The first kappa shape index (κ1) is 18.1. The maximum atomic E-state index is 12.6. The smallest absolute Gasteiger partial charge is 0.252 e. The van der Waals surface area contributed by atoms with Crippen molar-refractivity contribution in [2.75, 3.05) is 33.7 Å². The number of carbonyl (C=O) groups is 1. The molecule has 0 spiro atoms. The van der Waals surface area contributed by atoms with E-state index in [4.69, 9.17) is 9.47 Å². The molecule has 1 aromatic heterocycles. The summed E-state index contributed by atoms with van der Waals surface area (Å²) in [6.45, 7) is 0.798. The molecule has 0 fully saturated rings. The highest BCUT2D eigenvalue weighted by molar-refractivity contribution is 8.76. The van der Waals surface area contributed by atoms with Crippen molar-refractivity contribution in [3.8, 4) is 0 Å². The molecular formula is C16H20N2O3S2. The van der Waals surface area contributed by atoms with Crippen LogP contribution in [0.5, 0.6) is 0 Å². The molecule has 2 rings (SSSR count). The van der Waals surface area contributed by atoms with E-state index < -0.39 is 0 Å². The third-order valence-corrected chi connectivity index (χ3v) is 4.94. The van der Waals surface area contributed by atoms with Crippen LogP contribution in [-0.2, 0) is 9.47 Å². The van der Waals surface area contributed by atoms with Crippen molar-refractivity contribution in [3.63, 3.8) is 0 Å². The Balaban J connectivity index is 2.32. The summed E-state index contributed by atoms with van der Waals surface area (Å²) < 4.78 is 10.2. The molecule has 0 aliphatic carbocycles. The summed E-state index contributed by atoms with van der Waals surface area (Å²) in [7, 11) is 6.49. The Bertz CT molecular complexity index is 661. The highest BCUT2D eigenvalue weighted by Gasteiger charge is 2.17. The molecule has 7 heteroatoms. The van der Waals surface area contributed by atoms with E-state index in [0.29, 0.717) is 18.8 Å². The van der Waals surface area contributed by atoms with Gasteiger partial charge in [0.1, 0.15) is 0 Å². The van der Waals surface area contributed by atoms with Gasteiger partial charge in [0.2, 0.25) is 0 Å². The lowest BCUT2D eigenvalue weighted by molar-refractivity contribution is 0.0780. The first-order valence-corrected chi connectivity index (χ1v) is 9.64. The van der Waals surface area contributed by atoms with Crippen molar-refractivity contribution in [3.05, 3.63) is 36.0 Å². The fraction of sp³-hybridized carbons (Fsp3) is 0.375. The SMILES string of the molecule is COCC(COC)NC(=O)c1ccc(SSC)c2ncccc12. The number of amides is 1. The monoisotopic (exact) mass is 352 g/mol. The summed E-state index contributed by atoms with van der Waals surface area (Å²) in [5.41, 5.74) is 1.45. The molecule has 1 N–H and O–H groups in total. The van der Waals surface area contributed by atoms with Gasteiger partial charge in [0, 0.05) is 36.3 Å². The molecule has 23 heavy (non-hydrogen) atoms. The lowest BCUT2D eigenvalue weighted by Crippen LogP contribution is -2.41. The largest absolute Gasteiger partial charge is 0.382 e. The molecule has 0 aliphatic rings. The Labute approximate surface area is 143 Å². The number of nitrogens with zero attached hydrogens (tertiary/aromatic N) is 1. The third-order valence-electron chi connectivity index (χ3n) is 3.22. The normalized spacial score (nSPS) is 11.1. The predicted molar refractivity (Wildman–Crippen MR) is 96.1 cm³/mol. The highest BCUT2D eigenvalue weighted by atomic mass is 33.1. The number of hydrogen-bond acceptors (Lipinski definition) is 6. The second-order valence-electron chi connectivity index (χ2n) is 4.84. The minimum absolute atomic E-state index is 0.150. The average Bonchev–Trinajstić information content (AvgIpc) is 2.56. The molecule has 1 aromatic carbocycles. The molecule has 1 amide bonds. The topological polar surface area (TPSA) is 60.5 Å². The Hall–Kier alpha value is -1.28. The third kappa shape index (κ3) is 4.60. The zero-order valence-electron chi connectivity index (χ0n) is 13.4. The summed E-state index contributed by atoms with van der Waals surface area (Å²) in [5, 5.41) is 3.80. The van der Waals surface area contributed by atoms with Crippen LogP contribution in [0, 0.1) is 0 Å². The van der Waals surface area contributed by atoms with E-state index >= 15 is 0 Å². The second-order valence-corrected chi connectivity index (χ2v) is 7.28. The lowest BCUT2D eigenvalue weighted by Gasteiger charge is -2.18. The van der Waals surface area contributed by atoms with Gasteiger partial charge in [-0.05, 0) is 24.5 Å². The van der Waals surface area contributed by atoms with Crippen molar-refractivity contribution >= 4 is 38.4 Å². The molecule has 0 bridgehead atoms. The minimum atomic E-state index is -0.190. The van der Waals surface area contributed by atoms with Crippen LogP contribution in [0.15, 0.2) is 35.4 Å². The molecule has 0 saturated carbocycles. The first-order chi connectivity index (χ1) is 11.2. The summed E-state index contributed by atoms with van der Waals surface area (Å²) >= 11 is 0. The maximum absolute atomic E-state index is 12.6. The molecule has 0 radical (unpaired) electrons. The van der Waals surface area contributed by atoms with Crippen LogP contribution in [0.3, 0.4) is 0 Å². The minimum Gasteiger partial charge on any atom is -0.382 e. The van der Waals surface area contributed by atoms with Gasteiger partial charge in [-0.2, -0.15) is 0 Å². The van der Waals surface area contributed by atoms with Crippen molar-refractivity contribution in [1.82, 2.24) is 10.3 Å². The highest BCUT2D eigenvalue weighted by Crippen LogP contribution is 2.34. The predicted octanol–water partition coefficient (Wildman–Crippen LogP) is 3.00. The first-order valence-electron chi connectivity index (χ1n) is 7.08. The molecule has 0 unspecified atom stereocenters. The summed E-state index contributed by atoms with van der Waals surface area (Å²) in [6, 6.07) is 7.35. The number of pyridine rings is 1. The van der Waals surface area contributed by atoms with Gasteiger partial charge in [0.15, 0.2) is 0 Å². The Morgan fingerprint density at radius 2 is 2.00 bits per heavy atom. The van der Waals surface area contributed by atoms with Gasteiger partial charge in [0.25, 0.3) is 5.91 Å². The number of rotatable bonds is 8. The number of fused-ring (bicyclic) bond motifs is 1. The zero-order valence-corrected chi connectivity index (χ0v) is 15.0. The number of carbonyl (C=O) groups excluding carboxylic acids is 1. The second kappa shape index (κ2) is 9.12. The Kier molecular flexibility index (Phi) is 7.16. The standard InChI is InChI=1S/C16H20N2O3S2/c1-20-9-11(10-21-2)18-16(19)13-6-7-14(23-22-3)15-12(13)5-4-8-17-15/h4-8,11H,9-10H2,1-3H3,(H,18,19). The van der Waals surface area contributed by atoms with Crippen molar-refractivity contribution < 1.29 is 14.3 Å². The van der Waals surface area contributed by atoms with E-state index in [2.05, 4.69) is 10.3 Å². The molecule has 5 nitrogen and oxygen atoms in total. The maximum Gasteiger partial charge on any atom is 0.252 e. The van der Waals surface area contributed by atoms with Gasteiger partial charge in [-0.15, -0.1) is 0 Å². The fourth-order valence-corrected chi connectivity index (χ4v) is 3.79. The summed E-state index contributed by atoms with van der Waals surface area (Å²) in [4.78, 5) is 18.1. The van der Waals surface area contributed by atoms with Crippen molar-refractivity contribution in [2.45, 2.75) is 10.9 Å². The average molecular weight is 352 g/mol. The van der Waals surface area contributed by atoms with Gasteiger partial charge in [-0.3, -0.25) is 9.78 Å². The van der Waals surface area contributed by atoms with Gasteiger partial charge < -0.3 is 14.8 Å². The van der Waals surface area contributed by atoms with Crippen molar-refractivity contribution in [2.24, 2.45) is 0 Å². The molecule has 0 aliphatic heterocycles. The van der Waals surface area contributed by atoms with E-state index in [1.165, 1.54) is 0 Å². The van der Waals surface area contributed by atoms with Crippen molar-refractivity contribution in [1.29, 1.82) is 0 Å². The molecule has 0 saturated heterocycles. The van der Waals surface area contributed by atoms with Gasteiger partial charge in [-0.25, -0.2) is 0 Å². The quantitative estimate of drug-likeness (QED) is 0.737. The lowest BCUT2D eigenvalue weighted by atomic mass is 10.1. The van der Waals surface area contributed by atoms with E-state index in [0.717, 1.165) is 15.8 Å². The number of nitrogens with one attached hydrogen (secondary N) is 1. The number of aromatic nitrogens is 1. The Morgan fingerprint density at radius 1 is 1.26 bits per heavy atom. The van der Waals surface area contributed by atoms with E-state index in [1.54, 1.807) is 42.0 Å². The van der Waals surface area contributed by atoms with Gasteiger partial charge in [0.05, 0.1) is 24.8 Å². The van der Waals surface area contributed by atoms with E-state index in [-0.39, 0.29) is 11.9 Å². The molecular weight excluding hydrogens is 332 g/mol. The van der Waals surface area contributed by atoms with Crippen LogP contribution in [0.2, 0.25) is 0 Å². The van der Waals surface area contributed by atoms with Crippen LogP contribution < -0.4 is 5.32 Å². The molecule has 124 valence electrons. The van der Waals surface area contributed by atoms with Gasteiger partial charge >= 0.3 is 0 Å². The summed E-state index contributed by atoms with van der Waals surface area (Å²) in [5.74, 6) is -0.150. The zero-order chi connectivity index (χ0) is 16.7. The fourth-order valence-electron chi connectivity index (χ4n) is 2.30. The van der Waals surface area contributed by atoms with E-state index in [9.17, 15) is 4.79 Å². The van der Waals surface area contributed by atoms with Gasteiger partial charge in [-0.1, -0.05) is 27.7 Å². The molecule has 1 heterocycles. The van der Waals surface area contributed by atoms with Crippen LogP contribution in [0.25, 0.3) is 10.9 Å². The number of benzene rings is 1. The van der Waals surface area contributed by atoms with E-state index in [1.807, 2.05) is 30.5 Å². The number of methoxy groups -OCH3 is 2. The number of hydrogen-bond donors (Lipinski definition) is 1. The summed E-state index contributed by atoms with van der Waals surface area (Å²) in [6.07, 6.45) is 3.76. The van der Waals surface area contributed by atoms with Crippen LogP contribution in [0.4, 0.5) is 0 Å². The van der Waals surface area contributed by atoms with Crippen LogP contribution >= 0.6 is 21.6 Å². The molecule has 0 atom stereocenters. The molecule has 2 aromatic rings. The van der Waals surface area contributed by atoms with Crippen LogP contribution in [0.1, 0.15) is 10.4 Å². The number of ether oxygens (including phenoxy) is 2. The van der Waals surface area contributed by atoms with Crippen LogP contribution in [-0.4, -0.2) is 50.6 Å².